The number of thiocarbonyl (C=S) groups is 1. The number of nitrogens with one attached hydrogen (secondary N) is 1. The lowest BCUT2D eigenvalue weighted by molar-refractivity contribution is 0.629. The molecule has 0 aliphatic rings. The van der Waals surface area contributed by atoms with Gasteiger partial charge in [-0.15, -0.1) is 0 Å². The molecule has 20 heavy (non-hydrogen) atoms. The normalized spacial score (nSPS) is 10.9. The Morgan fingerprint density at radius 1 is 1.15 bits per heavy atom. The van der Waals surface area contributed by atoms with Crippen molar-refractivity contribution in [3.63, 3.8) is 0 Å². The number of H-pyrrole nitrogens is 1. The van der Waals surface area contributed by atoms with Gasteiger partial charge in [0.15, 0.2) is 0 Å². The van der Waals surface area contributed by atoms with Crippen molar-refractivity contribution in [3.05, 3.63) is 58.9 Å². The van der Waals surface area contributed by atoms with Crippen LogP contribution in [0, 0.1) is 5.82 Å². The minimum atomic E-state index is -0.323. The van der Waals surface area contributed by atoms with Crippen LogP contribution in [0.4, 0.5) is 4.39 Å². The maximum atomic E-state index is 13.4. The molecule has 0 aliphatic carbocycles. The lowest BCUT2D eigenvalue weighted by Crippen LogP contribution is -2.10. The largest absolute Gasteiger partial charge is 0.389 e. The highest BCUT2D eigenvalue weighted by Crippen LogP contribution is 2.31. The van der Waals surface area contributed by atoms with Crippen LogP contribution in [0.5, 0.6) is 0 Å². The summed E-state index contributed by atoms with van der Waals surface area (Å²) < 4.78 is 13.4. The smallest absolute Gasteiger partial charge is 0.123 e. The van der Waals surface area contributed by atoms with Crippen LogP contribution in [-0.4, -0.2) is 9.97 Å². The Balaban J connectivity index is 2.32. The monoisotopic (exact) mass is 304 g/mol. The van der Waals surface area contributed by atoms with Crippen molar-refractivity contribution in [1.29, 1.82) is 0 Å². The molecule has 2 nitrogen and oxygen atoms in total. The van der Waals surface area contributed by atoms with Crippen LogP contribution in [0.2, 0.25) is 5.02 Å². The van der Waals surface area contributed by atoms with Gasteiger partial charge in [0, 0.05) is 21.5 Å². The zero-order chi connectivity index (χ0) is 14.3. The van der Waals surface area contributed by atoms with Crippen molar-refractivity contribution < 1.29 is 4.39 Å². The van der Waals surface area contributed by atoms with Gasteiger partial charge in [0.25, 0.3) is 0 Å². The van der Waals surface area contributed by atoms with Gasteiger partial charge in [0.1, 0.15) is 10.8 Å². The number of benzene rings is 2. The van der Waals surface area contributed by atoms with Gasteiger partial charge in [-0.1, -0.05) is 36.0 Å². The minimum absolute atomic E-state index is 0.229. The molecule has 5 heteroatoms. The predicted molar refractivity (Wildman–Crippen MR) is 84.6 cm³/mol. The first-order valence-corrected chi connectivity index (χ1v) is 6.72. The second kappa shape index (κ2) is 4.89. The molecule has 3 rings (SSSR count). The highest BCUT2D eigenvalue weighted by molar-refractivity contribution is 7.80. The first-order chi connectivity index (χ1) is 9.56. The predicted octanol–water partition coefficient (Wildman–Crippen LogP) is 4.26. The van der Waals surface area contributed by atoms with Gasteiger partial charge in [-0.25, -0.2) is 4.39 Å². The number of hydrogen-bond donors (Lipinski definition) is 2. The van der Waals surface area contributed by atoms with E-state index in [9.17, 15) is 4.39 Å². The Hall–Kier alpha value is -1.91. The Labute approximate surface area is 125 Å². The summed E-state index contributed by atoms with van der Waals surface area (Å²) in [5, 5.41) is 1.33. The van der Waals surface area contributed by atoms with E-state index >= 15 is 0 Å². The maximum absolute atomic E-state index is 13.4. The van der Waals surface area contributed by atoms with E-state index in [2.05, 4.69) is 4.98 Å². The minimum Gasteiger partial charge on any atom is -0.389 e. The number of hydrogen-bond acceptors (Lipinski definition) is 1. The summed E-state index contributed by atoms with van der Waals surface area (Å²) in [7, 11) is 0. The van der Waals surface area contributed by atoms with E-state index in [-0.39, 0.29) is 10.8 Å². The second-order valence-corrected chi connectivity index (χ2v) is 5.31. The number of fused-ring (bicyclic) bond motifs is 1. The van der Waals surface area contributed by atoms with Gasteiger partial charge in [-0.3, -0.25) is 0 Å². The molecule has 3 aromatic rings. The van der Waals surface area contributed by atoms with Crippen LogP contribution >= 0.6 is 23.8 Å². The summed E-state index contributed by atoms with van der Waals surface area (Å²) in [5.41, 5.74) is 8.92. The highest BCUT2D eigenvalue weighted by Gasteiger charge is 2.15. The molecule has 2 aromatic carbocycles. The molecule has 0 fully saturated rings. The molecule has 100 valence electrons. The molecule has 1 aromatic heterocycles. The van der Waals surface area contributed by atoms with Gasteiger partial charge in [0.2, 0.25) is 0 Å². The van der Waals surface area contributed by atoms with Crippen LogP contribution in [-0.2, 0) is 0 Å². The zero-order valence-corrected chi connectivity index (χ0v) is 11.9. The van der Waals surface area contributed by atoms with Gasteiger partial charge in [-0.2, -0.15) is 0 Å². The SMILES string of the molecule is NC(=S)c1c(-c2ccc(Cl)cc2)[nH]c2ccc(F)cc12. The quantitative estimate of drug-likeness (QED) is 0.695. The molecular formula is C15H10ClFN2S. The van der Waals surface area contributed by atoms with Crippen molar-refractivity contribution in [3.8, 4) is 11.3 Å². The Morgan fingerprint density at radius 2 is 1.85 bits per heavy atom. The van der Waals surface area contributed by atoms with E-state index in [1.165, 1.54) is 12.1 Å². The summed E-state index contributed by atoms with van der Waals surface area (Å²) in [4.78, 5) is 3.46. The third kappa shape index (κ3) is 2.17. The summed E-state index contributed by atoms with van der Waals surface area (Å²) in [6.07, 6.45) is 0. The van der Waals surface area contributed by atoms with Gasteiger partial charge >= 0.3 is 0 Å². The summed E-state index contributed by atoms with van der Waals surface area (Å²) >= 11 is 11.0. The molecule has 0 spiro atoms. The number of halogens is 2. The molecule has 3 N–H and O–H groups in total. The fourth-order valence-corrected chi connectivity index (χ4v) is 2.59. The standard InChI is InChI=1S/C15H10ClFN2S/c16-9-3-1-8(2-4-9)14-13(15(18)20)11-7-10(17)5-6-12(11)19-14/h1-7,19H,(H2,18,20). The second-order valence-electron chi connectivity index (χ2n) is 4.44. The average Bonchev–Trinajstić information content (AvgIpc) is 2.78. The molecule has 0 amide bonds. The van der Waals surface area contributed by atoms with Crippen LogP contribution in [0.3, 0.4) is 0 Å². The molecular weight excluding hydrogens is 295 g/mol. The molecule has 1 heterocycles. The van der Waals surface area contributed by atoms with E-state index in [0.717, 1.165) is 16.8 Å². The molecule has 0 unspecified atom stereocenters. The van der Waals surface area contributed by atoms with E-state index in [1.807, 2.05) is 12.1 Å². The number of rotatable bonds is 2. The third-order valence-electron chi connectivity index (χ3n) is 3.14. The van der Waals surface area contributed by atoms with E-state index < -0.39 is 0 Å². The Bertz CT molecular complexity index is 809. The molecule has 0 saturated heterocycles. The zero-order valence-electron chi connectivity index (χ0n) is 10.3. The molecule has 0 aliphatic heterocycles. The van der Waals surface area contributed by atoms with Crippen LogP contribution in [0.25, 0.3) is 22.2 Å². The topological polar surface area (TPSA) is 41.8 Å². The Morgan fingerprint density at radius 3 is 2.50 bits per heavy atom. The molecule has 0 saturated carbocycles. The summed E-state index contributed by atoms with van der Waals surface area (Å²) in [5.74, 6) is -0.323. The summed E-state index contributed by atoms with van der Waals surface area (Å²) in [6.45, 7) is 0. The molecule has 0 atom stereocenters. The van der Waals surface area contributed by atoms with Crippen LogP contribution in [0.1, 0.15) is 5.56 Å². The lowest BCUT2D eigenvalue weighted by Gasteiger charge is -2.03. The van der Waals surface area contributed by atoms with Crippen molar-refractivity contribution in [2.75, 3.05) is 0 Å². The van der Waals surface area contributed by atoms with Crippen LogP contribution < -0.4 is 5.73 Å². The van der Waals surface area contributed by atoms with E-state index in [0.29, 0.717) is 16.0 Å². The fourth-order valence-electron chi connectivity index (χ4n) is 2.25. The first-order valence-electron chi connectivity index (χ1n) is 5.93. The number of aromatic amines is 1. The van der Waals surface area contributed by atoms with Crippen LogP contribution in [0.15, 0.2) is 42.5 Å². The van der Waals surface area contributed by atoms with Crippen molar-refractivity contribution in [2.24, 2.45) is 5.73 Å². The van der Waals surface area contributed by atoms with Crippen molar-refractivity contribution in [2.45, 2.75) is 0 Å². The highest BCUT2D eigenvalue weighted by atomic mass is 35.5. The van der Waals surface area contributed by atoms with Gasteiger partial charge in [0.05, 0.1) is 5.69 Å². The number of nitrogens with two attached hydrogens (primary N) is 1. The van der Waals surface area contributed by atoms with Gasteiger partial charge < -0.3 is 10.7 Å². The van der Waals surface area contributed by atoms with E-state index in [4.69, 9.17) is 29.6 Å². The maximum Gasteiger partial charge on any atom is 0.123 e. The van der Waals surface area contributed by atoms with Crippen molar-refractivity contribution in [1.82, 2.24) is 4.98 Å². The Kier molecular flexibility index (Phi) is 3.20. The molecule has 0 bridgehead atoms. The van der Waals surface area contributed by atoms with Crippen molar-refractivity contribution >= 4 is 39.7 Å². The van der Waals surface area contributed by atoms with E-state index in [1.54, 1.807) is 18.2 Å². The fraction of sp³-hybridized carbons (Fsp3) is 0. The number of aromatic nitrogens is 1. The summed E-state index contributed by atoms with van der Waals surface area (Å²) in [6, 6.07) is 11.8. The molecule has 0 radical (unpaired) electrons. The average molecular weight is 305 g/mol. The lowest BCUT2D eigenvalue weighted by atomic mass is 10.1. The first kappa shape index (κ1) is 13.1. The third-order valence-corrected chi connectivity index (χ3v) is 3.60. The van der Waals surface area contributed by atoms with Gasteiger partial charge in [-0.05, 0) is 35.9 Å².